The molecule has 0 aromatic carbocycles. The number of quaternary nitrogens is 1. The monoisotopic (exact) mass is 269 g/mol. The molecule has 0 aliphatic carbocycles. The molecule has 0 heterocycles. The summed E-state index contributed by atoms with van der Waals surface area (Å²) in [5, 5.41) is 18.8. The second kappa shape index (κ2) is 12.7. The van der Waals surface area contributed by atoms with Gasteiger partial charge in [-0.05, 0) is 32.9 Å². The summed E-state index contributed by atoms with van der Waals surface area (Å²) in [7, 11) is 2.29. The summed E-state index contributed by atoms with van der Waals surface area (Å²) in [4.78, 5) is 18.8. The third-order valence-electron chi connectivity index (χ3n) is 2.65. The van der Waals surface area contributed by atoms with Gasteiger partial charge in [-0.25, -0.2) is 0 Å². The molecule has 0 radical (unpaired) electrons. The Morgan fingerprint density at radius 2 is 1.18 bits per heavy atom. The molecule has 0 unspecified atom stereocenters. The largest absolute Gasteiger partial charge is 1.00 e. The fourth-order valence-electron chi connectivity index (χ4n) is 0.807. The standard InChI is InChI=1S/C7H18N.C4H4O4.K/c1-5-8(4,6-2)7-3;5-3(6)1-2-4(7)8;/h5-7H2,1-4H3;1-2H,(H,5,6)(H,7,8);/q+1;;+1/p-2. The molecule has 0 N–H and O–H groups in total. The topological polar surface area (TPSA) is 80.3 Å². The third-order valence-corrected chi connectivity index (χ3v) is 2.65. The van der Waals surface area contributed by atoms with Gasteiger partial charge in [0.2, 0.25) is 0 Å². The fourth-order valence-corrected chi connectivity index (χ4v) is 0.807. The van der Waals surface area contributed by atoms with E-state index < -0.39 is 11.9 Å². The fraction of sp³-hybridized carbons (Fsp3) is 0.636. The minimum absolute atomic E-state index is 0. The van der Waals surface area contributed by atoms with Crippen LogP contribution in [0.4, 0.5) is 0 Å². The van der Waals surface area contributed by atoms with Gasteiger partial charge < -0.3 is 24.3 Å². The van der Waals surface area contributed by atoms with Gasteiger partial charge in [-0.3, -0.25) is 0 Å². The number of hydrogen-bond acceptors (Lipinski definition) is 4. The SMILES string of the molecule is CC[N+](C)(CC)CC.O=C([O-])C=CC(=O)[O-].[K+]. The van der Waals surface area contributed by atoms with E-state index in [-0.39, 0.29) is 51.4 Å². The number of nitrogens with zero attached hydrogens (tertiary/aromatic N) is 1. The molecule has 0 aliphatic rings. The summed E-state index contributed by atoms with van der Waals surface area (Å²) in [5.41, 5.74) is 0. The predicted molar refractivity (Wildman–Crippen MR) is 57.0 cm³/mol. The van der Waals surface area contributed by atoms with Crippen LogP contribution < -0.4 is 61.6 Å². The summed E-state index contributed by atoms with van der Waals surface area (Å²) in [6.07, 6.45) is 0.769. The van der Waals surface area contributed by atoms with Crippen LogP contribution in [0, 0.1) is 0 Å². The Kier molecular flexibility index (Phi) is 16.8. The van der Waals surface area contributed by atoms with Crippen molar-refractivity contribution in [3.63, 3.8) is 0 Å². The molecule has 0 bridgehead atoms. The van der Waals surface area contributed by atoms with Gasteiger partial charge in [-0.15, -0.1) is 0 Å². The minimum Gasteiger partial charge on any atom is -0.545 e. The van der Waals surface area contributed by atoms with E-state index in [4.69, 9.17) is 0 Å². The molecule has 0 fully saturated rings. The molecule has 17 heavy (non-hydrogen) atoms. The van der Waals surface area contributed by atoms with Crippen LogP contribution in [0.2, 0.25) is 0 Å². The number of carbonyl (C=O) groups is 2. The Morgan fingerprint density at radius 3 is 1.24 bits per heavy atom. The molecule has 0 aromatic heterocycles. The summed E-state index contributed by atoms with van der Waals surface area (Å²) in [5.74, 6) is -3.09. The smallest absolute Gasteiger partial charge is 0.545 e. The maximum Gasteiger partial charge on any atom is 1.00 e. The zero-order chi connectivity index (χ0) is 13.2. The van der Waals surface area contributed by atoms with Crippen LogP contribution in [0.15, 0.2) is 12.2 Å². The molecule has 94 valence electrons. The van der Waals surface area contributed by atoms with E-state index in [0.717, 1.165) is 0 Å². The van der Waals surface area contributed by atoms with E-state index in [1.165, 1.54) is 24.1 Å². The molecule has 0 rings (SSSR count). The van der Waals surface area contributed by atoms with Gasteiger partial charge in [0, 0.05) is 0 Å². The average molecular weight is 269 g/mol. The van der Waals surface area contributed by atoms with Crippen molar-refractivity contribution in [3.05, 3.63) is 12.2 Å². The van der Waals surface area contributed by atoms with Crippen molar-refractivity contribution >= 4 is 11.9 Å². The van der Waals surface area contributed by atoms with E-state index in [1.54, 1.807) is 0 Å². The second-order valence-corrected chi connectivity index (χ2v) is 3.54. The Hall–Kier alpha value is 0.276. The summed E-state index contributed by atoms with van der Waals surface area (Å²) >= 11 is 0. The van der Waals surface area contributed by atoms with Crippen LogP contribution in [-0.4, -0.2) is 43.1 Å². The van der Waals surface area contributed by atoms with Crippen molar-refractivity contribution in [3.8, 4) is 0 Å². The van der Waals surface area contributed by atoms with Gasteiger partial charge in [-0.2, -0.15) is 0 Å². The van der Waals surface area contributed by atoms with E-state index in [1.807, 2.05) is 0 Å². The van der Waals surface area contributed by atoms with Gasteiger partial charge in [0.25, 0.3) is 0 Å². The summed E-state index contributed by atoms with van der Waals surface area (Å²) in [6, 6.07) is 0. The van der Waals surface area contributed by atoms with Crippen molar-refractivity contribution in [2.75, 3.05) is 26.7 Å². The zero-order valence-electron chi connectivity index (χ0n) is 11.4. The molecule has 5 nitrogen and oxygen atoms in total. The Morgan fingerprint density at radius 1 is 0.941 bits per heavy atom. The molecular formula is C11H20KNO4. The number of carboxylic acid groups (broad SMARTS) is 2. The zero-order valence-corrected chi connectivity index (χ0v) is 14.5. The number of carboxylic acids is 2. The molecule has 0 saturated carbocycles. The van der Waals surface area contributed by atoms with Crippen LogP contribution in [0.3, 0.4) is 0 Å². The van der Waals surface area contributed by atoms with Crippen LogP contribution in [0.5, 0.6) is 0 Å². The van der Waals surface area contributed by atoms with Crippen LogP contribution in [0.1, 0.15) is 20.8 Å². The Labute approximate surface area is 146 Å². The molecule has 0 aliphatic heterocycles. The number of aliphatic carboxylic acids is 2. The third kappa shape index (κ3) is 16.3. The number of hydrogen-bond donors (Lipinski definition) is 0. The molecule has 6 heteroatoms. The molecule has 0 spiro atoms. The summed E-state index contributed by atoms with van der Waals surface area (Å²) in [6.45, 7) is 10.5. The first kappa shape index (κ1) is 22.5. The second-order valence-electron chi connectivity index (χ2n) is 3.54. The normalized spacial score (nSPS) is 10.1. The van der Waals surface area contributed by atoms with Crippen molar-refractivity contribution < 1.29 is 75.7 Å². The molecule has 0 amide bonds. The molecular weight excluding hydrogens is 249 g/mol. The van der Waals surface area contributed by atoms with E-state index >= 15 is 0 Å². The van der Waals surface area contributed by atoms with Crippen LogP contribution >= 0.6 is 0 Å². The average Bonchev–Trinajstić information content (AvgIpc) is 2.26. The molecule has 0 atom stereocenters. The number of rotatable bonds is 5. The van der Waals surface area contributed by atoms with Crippen molar-refractivity contribution in [2.24, 2.45) is 0 Å². The van der Waals surface area contributed by atoms with Crippen molar-refractivity contribution in [1.29, 1.82) is 0 Å². The quantitative estimate of drug-likeness (QED) is 0.286. The van der Waals surface area contributed by atoms with Crippen molar-refractivity contribution in [1.82, 2.24) is 0 Å². The molecule has 0 aromatic rings. The van der Waals surface area contributed by atoms with Gasteiger partial charge in [0.05, 0.1) is 38.6 Å². The van der Waals surface area contributed by atoms with Crippen LogP contribution in [-0.2, 0) is 9.59 Å². The van der Waals surface area contributed by atoms with Gasteiger partial charge >= 0.3 is 51.4 Å². The molecule has 0 saturated heterocycles. The van der Waals surface area contributed by atoms with Gasteiger partial charge in [0.1, 0.15) is 0 Å². The predicted octanol–water partition coefficient (Wildman–Crippen LogP) is -4.46. The number of carbonyl (C=O) groups excluding carboxylic acids is 2. The Bertz CT molecular complexity index is 226. The first-order chi connectivity index (χ1) is 7.31. The first-order valence-electron chi connectivity index (χ1n) is 5.24. The Balaban J connectivity index is -0.000000218. The van der Waals surface area contributed by atoms with Crippen molar-refractivity contribution in [2.45, 2.75) is 20.8 Å². The maximum absolute atomic E-state index is 9.41. The minimum atomic E-state index is -1.55. The van der Waals surface area contributed by atoms with E-state index in [0.29, 0.717) is 12.2 Å². The van der Waals surface area contributed by atoms with E-state index in [2.05, 4.69) is 27.8 Å². The van der Waals surface area contributed by atoms with Crippen LogP contribution in [0.25, 0.3) is 0 Å². The van der Waals surface area contributed by atoms with Gasteiger partial charge in [0.15, 0.2) is 0 Å². The summed E-state index contributed by atoms with van der Waals surface area (Å²) < 4.78 is 1.21. The van der Waals surface area contributed by atoms with E-state index in [9.17, 15) is 19.8 Å². The maximum atomic E-state index is 9.41. The first-order valence-corrected chi connectivity index (χ1v) is 5.24. The van der Waals surface area contributed by atoms with Gasteiger partial charge in [-0.1, -0.05) is 0 Å².